The standard InChI is InChI=1S/C29H32F3N5O3/c1-2-36-9-11-37(12-10-36)17-20-3-6-23(15-25(20)29(30,31)32)34-27(39)18-40-24-7-4-19(5-8-24)22-13-21-14-26(38)35-28(21)33-16-22/h3-8,13,15-16,21,28H,2,9-12,14,17-18H2,1H3,(H,34,39)(H,35,38). The lowest BCUT2D eigenvalue weighted by Crippen LogP contribution is -2.45. The number of rotatable bonds is 8. The van der Waals surface area contributed by atoms with Crippen LogP contribution in [0, 0.1) is 5.92 Å². The molecule has 0 aliphatic carbocycles. The predicted molar refractivity (Wildman–Crippen MR) is 146 cm³/mol. The van der Waals surface area contributed by atoms with Crippen LogP contribution in [0.15, 0.2) is 53.5 Å². The van der Waals surface area contributed by atoms with Crippen LogP contribution in [0.2, 0.25) is 0 Å². The molecular formula is C29H32F3N5O3. The molecule has 2 amide bonds. The summed E-state index contributed by atoms with van der Waals surface area (Å²) in [5, 5.41) is 5.33. The van der Waals surface area contributed by atoms with Gasteiger partial charge in [-0.1, -0.05) is 31.2 Å². The van der Waals surface area contributed by atoms with Crippen LogP contribution in [0.1, 0.15) is 30.0 Å². The molecule has 0 aromatic heterocycles. The van der Waals surface area contributed by atoms with Gasteiger partial charge >= 0.3 is 6.18 Å². The average molecular weight is 556 g/mol. The highest BCUT2D eigenvalue weighted by atomic mass is 19.4. The molecule has 2 fully saturated rings. The summed E-state index contributed by atoms with van der Waals surface area (Å²) in [7, 11) is 0. The largest absolute Gasteiger partial charge is 0.484 e. The summed E-state index contributed by atoms with van der Waals surface area (Å²) in [5.74, 6) is -0.113. The van der Waals surface area contributed by atoms with Gasteiger partial charge < -0.3 is 20.3 Å². The molecule has 2 unspecified atom stereocenters. The number of amides is 2. The van der Waals surface area contributed by atoms with Crippen LogP contribution in [0.25, 0.3) is 5.57 Å². The molecule has 40 heavy (non-hydrogen) atoms. The summed E-state index contributed by atoms with van der Waals surface area (Å²) < 4.78 is 47.1. The van der Waals surface area contributed by atoms with E-state index in [0.29, 0.717) is 25.3 Å². The molecule has 2 aromatic rings. The van der Waals surface area contributed by atoms with Gasteiger partial charge in [0.2, 0.25) is 5.91 Å². The summed E-state index contributed by atoms with van der Waals surface area (Å²) in [5.41, 5.74) is 1.30. The van der Waals surface area contributed by atoms with Gasteiger partial charge in [-0.2, -0.15) is 13.2 Å². The summed E-state index contributed by atoms with van der Waals surface area (Å²) in [6.07, 6.45) is -0.592. The summed E-state index contributed by atoms with van der Waals surface area (Å²) in [6, 6.07) is 11.0. The fourth-order valence-corrected chi connectivity index (χ4v) is 5.21. The Labute approximate surface area is 230 Å². The SMILES string of the molecule is CCN1CCN(Cc2ccc(NC(=O)COc3ccc(C4=CC5CC(=O)NC5N=C4)cc3)cc2C(F)(F)F)CC1. The maximum absolute atomic E-state index is 13.9. The molecule has 2 saturated heterocycles. The van der Waals surface area contributed by atoms with Crippen molar-refractivity contribution in [2.75, 3.05) is 44.6 Å². The van der Waals surface area contributed by atoms with Crippen molar-refractivity contribution in [2.24, 2.45) is 10.9 Å². The summed E-state index contributed by atoms with van der Waals surface area (Å²) >= 11 is 0. The molecular weight excluding hydrogens is 523 g/mol. The zero-order valence-electron chi connectivity index (χ0n) is 22.2. The second-order valence-electron chi connectivity index (χ2n) is 10.2. The van der Waals surface area contributed by atoms with Gasteiger partial charge in [-0.05, 0) is 47.5 Å². The van der Waals surface area contributed by atoms with Crippen molar-refractivity contribution in [1.29, 1.82) is 0 Å². The molecule has 212 valence electrons. The zero-order valence-corrected chi connectivity index (χ0v) is 22.2. The van der Waals surface area contributed by atoms with Crippen molar-refractivity contribution in [3.8, 4) is 5.75 Å². The van der Waals surface area contributed by atoms with Crippen molar-refractivity contribution < 1.29 is 27.5 Å². The number of likely N-dealkylation sites (N-methyl/N-ethyl adjacent to an activating group) is 1. The molecule has 3 heterocycles. The second kappa shape index (κ2) is 11.8. The maximum atomic E-state index is 13.9. The minimum atomic E-state index is -4.54. The molecule has 3 aliphatic heterocycles. The molecule has 11 heteroatoms. The van der Waals surface area contributed by atoms with E-state index in [1.165, 1.54) is 12.1 Å². The maximum Gasteiger partial charge on any atom is 0.416 e. The molecule has 3 aliphatic rings. The first-order chi connectivity index (χ1) is 19.2. The first-order valence-corrected chi connectivity index (χ1v) is 13.4. The predicted octanol–water partition coefficient (Wildman–Crippen LogP) is 3.79. The van der Waals surface area contributed by atoms with E-state index in [4.69, 9.17) is 4.74 Å². The number of fused-ring (bicyclic) bond motifs is 1. The molecule has 0 saturated carbocycles. The highest BCUT2D eigenvalue weighted by Crippen LogP contribution is 2.35. The average Bonchev–Trinajstić information content (AvgIpc) is 3.32. The number of allylic oxidation sites excluding steroid dienone is 1. The van der Waals surface area contributed by atoms with Crippen LogP contribution in [0.4, 0.5) is 18.9 Å². The number of dihydropyridines is 1. The number of carbonyl (C=O) groups is 2. The first kappa shape index (κ1) is 27.9. The Morgan fingerprint density at radius 2 is 1.82 bits per heavy atom. The number of aliphatic imine (C=N–C) groups is 1. The number of hydrogen-bond donors (Lipinski definition) is 2. The Balaban J connectivity index is 1.16. The van der Waals surface area contributed by atoms with Crippen LogP contribution in [0.3, 0.4) is 0 Å². The Hall–Kier alpha value is -3.70. The Morgan fingerprint density at radius 3 is 2.52 bits per heavy atom. The zero-order chi connectivity index (χ0) is 28.3. The van der Waals surface area contributed by atoms with E-state index in [-0.39, 0.29) is 42.4 Å². The molecule has 0 radical (unpaired) electrons. The topological polar surface area (TPSA) is 86.3 Å². The van der Waals surface area contributed by atoms with Crippen molar-refractivity contribution >= 4 is 29.3 Å². The Morgan fingerprint density at radius 1 is 1.10 bits per heavy atom. The minimum Gasteiger partial charge on any atom is -0.484 e. The number of piperazine rings is 1. The number of halogens is 3. The van der Waals surface area contributed by atoms with Crippen molar-refractivity contribution in [2.45, 2.75) is 32.2 Å². The molecule has 8 nitrogen and oxygen atoms in total. The van der Waals surface area contributed by atoms with Gasteiger partial charge in [0, 0.05) is 57.0 Å². The van der Waals surface area contributed by atoms with Crippen molar-refractivity contribution in [1.82, 2.24) is 15.1 Å². The fraction of sp³-hybridized carbons (Fsp3) is 0.414. The van der Waals surface area contributed by atoms with Crippen molar-refractivity contribution in [3.63, 3.8) is 0 Å². The quantitative estimate of drug-likeness (QED) is 0.518. The molecule has 0 bridgehead atoms. The number of benzene rings is 2. The highest BCUT2D eigenvalue weighted by molar-refractivity contribution is 6.11. The van der Waals surface area contributed by atoms with Crippen LogP contribution in [-0.4, -0.2) is 73.3 Å². The molecule has 0 spiro atoms. The van der Waals surface area contributed by atoms with E-state index in [2.05, 4.69) is 27.4 Å². The summed E-state index contributed by atoms with van der Waals surface area (Å²) in [6.45, 7) is 5.96. The van der Waals surface area contributed by atoms with Gasteiger partial charge in [-0.25, -0.2) is 0 Å². The number of carbonyl (C=O) groups excluding carboxylic acids is 2. The third-order valence-corrected chi connectivity index (χ3v) is 7.47. The van der Waals surface area contributed by atoms with Crippen molar-refractivity contribution in [3.05, 3.63) is 65.2 Å². The fourth-order valence-electron chi connectivity index (χ4n) is 5.21. The third kappa shape index (κ3) is 6.71. The molecule has 2 aromatic carbocycles. The summed E-state index contributed by atoms with van der Waals surface area (Å²) in [4.78, 5) is 32.7. The lowest BCUT2D eigenvalue weighted by atomic mass is 9.96. The normalized spacial score (nSPS) is 21.5. The molecule has 2 atom stereocenters. The third-order valence-electron chi connectivity index (χ3n) is 7.47. The first-order valence-electron chi connectivity index (χ1n) is 13.4. The highest BCUT2D eigenvalue weighted by Gasteiger charge is 2.35. The monoisotopic (exact) mass is 555 g/mol. The van der Waals surface area contributed by atoms with Gasteiger partial charge in [0.15, 0.2) is 6.61 Å². The van der Waals surface area contributed by atoms with Crippen LogP contribution < -0.4 is 15.4 Å². The second-order valence-corrected chi connectivity index (χ2v) is 10.2. The number of nitrogens with one attached hydrogen (secondary N) is 2. The number of alkyl halides is 3. The Bertz CT molecular complexity index is 1300. The Kier molecular flexibility index (Phi) is 8.22. The minimum absolute atomic E-state index is 0.0155. The number of anilines is 1. The van der Waals surface area contributed by atoms with Crippen LogP contribution in [-0.2, 0) is 22.3 Å². The number of nitrogens with zero attached hydrogens (tertiary/aromatic N) is 3. The van der Waals surface area contributed by atoms with Gasteiger partial charge in [0.05, 0.1) is 5.56 Å². The number of hydrogen-bond acceptors (Lipinski definition) is 6. The molecule has 5 rings (SSSR count). The molecule has 2 N–H and O–H groups in total. The van der Waals surface area contributed by atoms with Crippen LogP contribution in [0.5, 0.6) is 5.75 Å². The van der Waals surface area contributed by atoms with Gasteiger partial charge in [-0.15, -0.1) is 0 Å². The number of ether oxygens (including phenoxy) is 1. The lowest BCUT2D eigenvalue weighted by molar-refractivity contribution is -0.138. The lowest BCUT2D eigenvalue weighted by Gasteiger charge is -2.34. The van der Waals surface area contributed by atoms with E-state index in [1.807, 2.05) is 23.1 Å². The van der Waals surface area contributed by atoms with Crippen LogP contribution >= 0.6 is 0 Å². The van der Waals surface area contributed by atoms with E-state index in [0.717, 1.165) is 36.8 Å². The van der Waals surface area contributed by atoms with E-state index < -0.39 is 17.6 Å². The van der Waals surface area contributed by atoms with Gasteiger partial charge in [0.1, 0.15) is 11.9 Å². The van der Waals surface area contributed by atoms with E-state index in [9.17, 15) is 22.8 Å². The van der Waals surface area contributed by atoms with E-state index >= 15 is 0 Å². The smallest absolute Gasteiger partial charge is 0.416 e. The van der Waals surface area contributed by atoms with Gasteiger partial charge in [0.25, 0.3) is 5.91 Å². The van der Waals surface area contributed by atoms with Gasteiger partial charge in [-0.3, -0.25) is 19.5 Å². The van der Waals surface area contributed by atoms with E-state index in [1.54, 1.807) is 18.3 Å².